The Morgan fingerprint density at radius 1 is 1.28 bits per heavy atom. The predicted molar refractivity (Wildman–Crippen MR) is 70.4 cm³/mol. The van der Waals surface area contributed by atoms with Gasteiger partial charge in [-0.1, -0.05) is 6.07 Å². The molecule has 2 N–H and O–H groups in total. The molecule has 2 rings (SSSR count). The highest BCUT2D eigenvalue weighted by Gasteiger charge is 2.05. The molecular weight excluding hydrogens is 228 g/mol. The lowest BCUT2D eigenvalue weighted by Gasteiger charge is -2.05. The molecule has 0 aliphatic rings. The van der Waals surface area contributed by atoms with Crippen molar-refractivity contribution in [3.63, 3.8) is 0 Å². The summed E-state index contributed by atoms with van der Waals surface area (Å²) in [7, 11) is 0. The number of benzene rings is 1. The minimum absolute atomic E-state index is 0.0845. The largest absolute Gasteiger partial charge is 0.396 e. The quantitative estimate of drug-likeness (QED) is 0.787. The van der Waals surface area contributed by atoms with Crippen LogP contribution in [0.25, 0.3) is 10.9 Å². The van der Waals surface area contributed by atoms with E-state index in [0.29, 0.717) is 18.5 Å². The first-order valence-electron chi connectivity index (χ1n) is 6.05. The number of rotatable bonds is 5. The van der Waals surface area contributed by atoms with Crippen LogP contribution in [0.2, 0.25) is 0 Å². The van der Waals surface area contributed by atoms with Crippen molar-refractivity contribution >= 4 is 16.8 Å². The zero-order chi connectivity index (χ0) is 12.8. The maximum atomic E-state index is 11.9. The number of pyridine rings is 1. The van der Waals surface area contributed by atoms with Crippen molar-refractivity contribution in [1.82, 2.24) is 10.3 Å². The number of aliphatic hydroxyl groups is 1. The molecule has 0 fully saturated rings. The van der Waals surface area contributed by atoms with E-state index in [-0.39, 0.29) is 12.5 Å². The molecule has 4 heteroatoms. The van der Waals surface area contributed by atoms with Crippen molar-refractivity contribution in [3.05, 3.63) is 42.1 Å². The topological polar surface area (TPSA) is 62.2 Å². The molecule has 0 saturated carbocycles. The fraction of sp³-hybridized carbons (Fsp3) is 0.286. The first-order chi connectivity index (χ1) is 8.81. The second-order valence-corrected chi connectivity index (χ2v) is 4.10. The van der Waals surface area contributed by atoms with Crippen LogP contribution in [0, 0.1) is 0 Å². The molecule has 4 nitrogen and oxygen atoms in total. The summed E-state index contributed by atoms with van der Waals surface area (Å²) in [5.74, 6) is -0.0845. The average molecular weight is 244 g/mol. The number of unbranched alkanes of at least 4 members (excludes halogenated alkanes) is 1. The Kier molecular flexibility index (Phi) is 4.25. The number of carbonyl (C=O) groups is 1. The number of nitrogens with one attached hydrogen (secondary N) is 1. The second-order valence-electron chi connectivity index (χ2n) is 4.10. The highest BCUT2D eigenvalue weighted by molar-refractivity contribution is 5.97. The molecule has 2 aromatic rings. The van der Waals surface area contributed by atoms with E-state index in [4.69, 9.17) is 5.11 Å². The van der Waals surface area contributed by atoms with E-state index in [1.807, 2.05) is 24.3 Å². The van der Waals surface area contributed by atoms with E-state index in [1.54, 1.807) is 12.3 Å². The van der Waals surface area contributed by atoms with Crippen LogP contribution >= 0.6 is 0 Å². The Morgan fingerprint density at radius 3 is 3.00 bits per heavy atom. The summed E-state index contributed by atoms with van der Waals surface area (Å²) in [5.41, 5.74) is 1.52. The molecule has 0 radical (unpaired) electrons. The fourth-order valence-electron chi connectivity index (χ4n) is 1.76. The summed E-state index contributed by atoms with van der Waals surface area (Å²) in [6.07, 6.45) is 3.23. The fourth-order valence-corrected chi connectivity index (χ4v) is 1.76. The molecule has 1 amide bonds. The number of aliphatic hydroxyl groups excluding tert-OH is 1. The third-order valence-electron chi connectivity index (χ3n) is 2.74. The SMILES string of the molecule is O=C(NCCCCO)c1ccc2ncccc2c1. The Labute approximate surface area is 106 Å². The average Bonchev–Trinajstić information content (AvgIpc) is 2.43. The van der Waals surface area contributed by atoms with E-state index >= 15 is 0 Å². The number of amides is 1. The summed E-state index contributed by atoms with van der Waals surface area (Å²) < 4.78 is 0. The van der Waals surface area contributed by atoms with Gasteiger partial charge in [0.05, 0.1) is 5.52 Å². The summed E-state index contributed by atoms with van der Waals surface area (Å²) in [4.78, 5) is 16.1. The van der Waals surface area contributed by atoms with Crippen LogP contribution in [0.5, 0.6) is 0 Å². The molecule has 1 heterocycles. The number of aromatic nitrogens is 1. The molecule has 1 aromatic heterocycles. The standard InChI is InChI=1S/C14H16N2O2/c17-9-2-1-7-16-14(18)12-5-6-13-11(10-12)4-3-8-15-13/h3-6,8,10,17H,1-2,7,9H2,(H,16,18). The van der Waals surface area contributed by atoms with E-state index in [1.165, 1.54) is 0 Å². The van der Waals surface area contributed by atoms with Crippen LogP contribution < -0.4 is 5.32 Å². The van der Waals surface area contributed by atoms with Crippen molar-refractivity contribution in [2.45, 2.75) is 12.8 Å². The zero-order valence-electron chi connectivity index (χ0n) is 10.1. The maximum absolute atomic E-state index is 11.9. The molecule has 0 unspecified atom stereocenters. The number of nitrogens with zero attached hydrogens (tertiary/aromatic N) is 1. The zero-order valence-corrected chi connectivity index (χ0v) is 10.1. The van der Waals surface area contributed by atoms with Gasteiger partial charge in [-0.25, -0.2) is 0 Å². The minimum atomic E-state index is -0.0845. The van der Waals surface area contributed by atoms with Gasteiger partial charge in [0.2, 0.25) is 0 Å². The molecule has 1 aromatic carbocycles. The number of hydrogen-bond acceptors (Lipinski definition) is 3. The smallest absolute Gasteiger partial charge is 0.251 e. The van der Waals surface area contributed by atoms with Crippen molar-refractivity contribution in [2.75, 3.05) is 13.2 Å². The van der Waals surface area contributed by atoms with Gasteiger partial charge in [-0.15, -0.1) is 0 Å². The molecule has 0 saturated heterocycles. The van der Waals surface area contributed by atoms with Gasteiger partial charge in [0.25, 0.3) is 5.91 Å². The third-order valence-corrected chi connectivity index (χ3v) is 2.74. The molecule has 0 bridgehead atoms. The highest BCUT2D eigenvalue weighted by atomic mass is 16.2. The Bertz CT molecular complexity index is 540. The van der Waals surface area contributed by atoms with E-state index < -0.39 is 0 Å². The lowest BCUT2D eigenvalue weighted by Crippen LogP contribution is -2.24. The Morgan fingerprint density at radius 2 is 2.17 bits per heavy atom. The summed E-state index contributed by atoms with van der Waals surface area (Å²) >= 11 is 0. The van der Waals surface area contributed by atoms with Crippen molar-refractivity contribution in [1.29, 1.82) is 0 Å². The second kappa shape index (κ2) is 6.12. The van der Waals surface area contributed by atoms with Crippen molar-refractivity contribution in [2.24, 2.45) is 0 Å². The summed E-state index contributed by atoms with van der Waals surface area (Å²) in [6, 6.07) is 9.24. The number of carbonyl (C=O) groups excluding carboxylic acids is 1. The number of hydrogen-bond donors (Lipinski definition) is 2. The van der Waals surface area contributed by atoms with Crippen LogP contribution in [0.1, 0.15) is 23.2 Å². The first-order valence-corrected chi connectivity index (χ1v) is 6.05. The lowest BCUT2D eigenvalue weighted by atomic mass is 10.1. The van der Waals surface area contributed by atoms with Crippen molar-refractivity contribution < 1.29 is 9.90 Å². The van der Waals surface area contributed by atoms with Crippen LogP contribution in [0.3, 0.4) is 0 Å². The summed E-state index contributed by atoms with van der Waals surface area (Å²) in [5, 5.41) is 12.4. The summed E-state index contributed by atoms with van der Waals surface area (Å²) in [6.45, 7) is 0.752. The van der Waals surface area contributed by atoms with Gasteiger partial charge >= 0.3 is 0 Å². The van der Waals surface area contributed by atoms with Gasteiger partial charge < -0.3 is 10.4 Å². The predicted octanol–water partition coefficient (Wildman–Crippen LogP) is 1.74. The minimum Gasteiger partial charge on any atom is -0.396 e. The molecule has 0 atom stereocenters. The van der Waals surface area contributed by atoms with Crippen LogP contribution in [-0.4, -0.2) is 29.1 Å². The monoisotopic (exact) mass is 244 g/mol. The lowest BCUT2D eigenvalue weighted by molar-refractivity contribution is 0.0952. The molecule has 18 heavy (non-hydrogen) atoms. The van der Waals surface area contributed by atoms with E-state index in [9.17, 15) is 4.79 Å². The number of fused-ring (bicyclic) bond motifs is 1. The van der Waals surface area contributed by atoms with Gasteiger partial charge in [-0.3, -0.25) is 9.78 Å². The maximum Gasteiger partial charge on any atom is 0.251 e. The van der Waals surface area contributed by atoms with Gasteiger partial charge in [-0.2, -0.15) is 0 Å². The Balaban J connectivity index is 2.04. The van der Waals surface area contributed by atoms with Gasteiger partial charge in [0.1, 0.15) is 0 Å². The van der Waals surface area contributed by atoms with Crippen LogP contribution in [0.4, 0.5) is 0 Å². The molecule has 0 aliphatic heterocycles. The first kappa shape index (κ1) is 12.5. The normalized spacial score (nSPS) is 10.5. The van der Waals surface area contributed by atoms with E-state index in [0.717, 1.165) is 17.3 Å². The molecular formula is C14H16N2O2. The third kappa shape index (κ3) is 3.05. The molecule has 0 aliphatic carbocycles. The molecule has 94 valence electrons. The Hall–Kier alpha value is -1.94. The highest BCUT2D eigenvalue weighted by Crippen LogP contribution is 2.13. The van der Waals surface area contributed by atoms with Gasteiger partial charge in [-0.05, 0) is 37.1 Å². The van der Waals surface area contributed by atoms with E-state index in [2.05, 4.69) is 10.3 Å². The van der Waals surface area contributed by atoms with Gasteiger partial charge in [0.15, 0.2) is 0 Å². The van der Waals surface area contributed by atoms with Gasteiger partial charge in [0, 0.05) is 30.3 Å². The molecule has 0 spiro atoms. The van der Waals surface area contributed by atoms with Crippen LogP contribution in [-0.2, 0) is 0 Å². The van der Waals surface area contributed by atoms with Crippen molar-refractivity contribution in [3.8, 4) is 0 Å². The van der Waals surface area contributed by atoms with Crippen LogP contribution in [0.15, 0.2) is 36.5 Å².